The number of carbonyl (C=O) groups is 2. The fourth-order valence-corrected chi connectivity index (χ4v) is 4.96. The molecule has 2 bridgehead atoms. The highest BCUT2D eigenvalue weighted by Gasteiger charge is 2.38. The molecule has 172 valence electrons. The van der Waals surface area contributed by atoms with E-state index in [1.807, 2.05) is 12.1 Å². The van der Waals surface area contributed by atoms with E-state index in [1.165, 1.54) is 36.0 Å². The first-order valence-corrected chi connectivity index (χ1v) is 11.0. The molecule has 2 atom stereocenters. The van der Waals surface area contributed by atoms with Crippen LogP contribution in [0.4, 0.5) is 13.2 Å². The van der Waals surface area contributed by atoms with Crippen LogP contribution in [-0.4, -0.2) is 45.8 Å². The van der Waals surface area contributed by atoms with Gasteiger partial charge in [-0.15, -0.1) is 0 Å². The molecule has 0 spiro atoms. The quantitative estimate of drug-likeness (QED) is 0.592. The smallest absolute Gasteiger partial charge is 0.478 e. The van der Waals surface area contributed by atoms with Crippen LogP contribution < -0.4 is 0 Å². The van der Waals surface area contributed by atoms with Gasteiger partial charge in [0.2, 0.25) is 0 Å². The highest BCUT2D eigenvalue weighted by atomic mass is 79.9. The fraction of sp³-hybridized carbons (Fsp3) is 0.391. The number of rotatable bonds is 3. The van der Waals surface area contributed by atoms with Gasteiger partial charge < -0.3 is 10.2 Å². The molecule has 1 fully saturated rings. The summed E-state index contributed by atoms with van der Waals surface area (Å²) < 4.78 is 32.4. The summed E-state index contributed by atoms with van der Waals surface area (Å²) in [7, 11) is 0. The van der Waals surface area contributed by atoms with Crippen molar-refractivity contribution in [2.24, 2.45) is 5.92 Å². The number of nitrogens with zero attached hydrogens (tertiary/aromatic N) is 1. The van der Waals surface area contributed by atoms with E-state index in [9.17, 15) is 23.1 Å². The molecule has 0 amide bonds. The maximum Gasteiger partial charge on any atom is 0.490 e. The summed E-state index contributed by atoms with van der Waals surface area (Å²) >= 11 is 3.40. The maximum absolute atomic E-state index is 11.2. The van der Waals surface area contributed by atoms with Crippen LogP contribution in [0.25, 0.3) is 0 Å². The van der Waals surface area contributed by atoms with Crippen LogP contribution in [0.1, 0.15) is 39.9 Å². The van der Waals surface area contributed by atoms with Crippen LogP contribution in [0.2, 0.25) is 0 Å². The summed E-state index contributed by atoms with van der Waals surface area (Å²) in [5.41, 5.74) is 4.54. The van der Waals surface area contributed by atoms with E-state index in [1.54, 1.807) is 6.07 Å². The maximum atomic E-state index is 11.2. The molecule has 5 rings (SSSR count). The van der Waals surface area contributed by atoms with Crippen LogP contribution >= 0.6 is 15.9 Å². The van der Waals surface area contributed by atoms with Gasteiger partial charge in [-0.05, 0) is 76.4 Å². The normalized spacial score (nSPS) is 20.4. The molecule has 2 aliphatic heterocycles. The van der Waals surface area contributed by atoms with Crippen molar-refractivity contribution in [1.29, 1.82) is 0 Å². The van der Waals surface area contributed by atoms with Crippen LogP contribution in [-0.2, 0) is 24.2 Å². The number of benzene rings is 2. The number of halogens is 4. The molecule has 2 aromatic rings. The van der Waals surface area contributed by atoms with Gasteiger partial charge in [0.25, 0.3) is 0 Å². The van der Waals surface area contributed by atoms with Gasteiger partial charge in [-0.3, -0.25) is 4.90 Å². The van der Waals surface area contributed by atoms with E-state index in [4.69, 9.17) is 9.90 Å². The molecule has 0 saturated carbocycles. The summed E-state index contributed by atoms with van der Waals surface area (Å²) in [6, 6.07) is 15.1. The van der Waals surface area contributed by atoms with Crippen LogP contribution in [0.15, 0.2) is 46.9 Å². The minimum Gasteiger partial charge on any atom is -0.478 e. The minimum atomic E-state index is -5.08. The minimum absolute atomic E-state index is 0.326. The Bertz CT molecular complexity index is 995. The number of piperidine rings is 1. The molecular weight excluding hydrogens is 491 g/mol. The van der Waals surface area contributed by atoms with Crippen molar-refractivity contribution in [2.75, 3.05) is 6.54 Å². The zero-order valence-electron chi connectivity index (χ0n) is 17.1. The Balaban J connectivity index is 0.000000360. The van der Waals surface area contributed by atoms with Gasteiger partial charge in [-0.25, -0.2) is 9.59 Å². The molecular formula is C23H23BrF3NO4. The summed E-state index contributed by atoms with van der Waals surface area (Å²) in [4.78, 5) is 22.7. The fourth-order valence-electron chi connectivity index (χ4n) is 4.36. The van der Waals surface area contributed by atoms with Crippen LogP contribution in [0.5, 0.6) is 0 Å². The first-order valence-electron chi connectivity index (χ1n) is 10.2. The molecule has 32 heavy (non-hydrogen) atoms. The number of aliphatic carboxylic acids is 1. The molecule has 3 aliphatic rings. The summed E-state index contributed by atoms with van der Waals surface area (Å²) in [6.07, 6.45) is -0.206. The topological polar surface area (TPSA) is 77.8 Å². The second-order valence-corrected chi connectivity index (χ2v) is 8.98. The molecule has 2 aromatic carbocycles. The molecule has 9 heteroatoms. The van der Waals surface area contributed by atoms with Crippen molar-refractivity contribution < 1.29 is 33.0 Å². The summed E-state index contributed by atoms with van der Waals surface area (Å²) in [5, 5.41) is 16.3. The highest BCUT2D eigenvalue weighted by Crippen LogP contribution is 2.33. The molecule has 1 aliphatic carbocycles. The van der Waals surface area contributed by atoms with Crippen molar-refractivity contribution in [2.45, 2.75) is 44.4 Å². The van der Waals surface area contributed by atoms with Crippen LogP contribution in [0.3, 0.4) is 0 Å². The van der Waals surface area contributed by atoms with E-state index in [0.717, 1.165) is 25.4 Å². The Morgan fingerprint density at radius 2 is 1.66 bits per heavy atom. The first-order chi connectivity index (χ1) is 15.0. The van der Waals surface area contributed by atoms with Crippen molar-refractivity contribution in [3.05, 3.63) is 69.2 Å². The van der Waals surface area contributed by atoms with E-state index in [-0.39, 0.29) is 0 Å². The second kappa shape index (κ2) is 10.0. The number of carboxylic acids is 2. The van der Waals surface area contributed by atoms with Crippen LogP contribution in [0, 0.1) is 5.92 Å². The zero-order valence-corrected chi connectivity index (χ0v) is 18.7. The van der Waals surface area contributed by atoms with Gasteiger partial charge in [0.1, 0.15) is 0 Å². The van der Waals surface area contributed by atoms with Crippen molar-refractivity contribution in [1.82, 2.24) is 4.90 Å². The number of carboxylic acid groups (broad SMARTS) is 2. The largest absolute Gasteiger partial charge is 0.490 e. The number of aromatic carboxylic acids is 1. The van der Waals surface area contributed by atoms with Gasteiger partial charge in [-0.1, -0.05) is 30.3 Å². The van der Waals surface area contributed by atoms with Gasteiger partial charge in [0, 0.05) is 23.6 Å². The lowest BCUT2D eigenvalue weighted by Crippen LogP contribution is -2.46. The predicted octanol–water partition coefficient (Wildman–Crippen LogP) is 5.16. The third-order valence-corrected chi connectivity index (χ3v) is 6.55. The molecule has 5 nitrogen and oxygen atoms in total. The van der Waals surface area contributed by atoms with Gasteiger partial charge in [0.15, 0.2) is 0 Å². The van der Waals surface area contributed by atoms with Crippen molar-refractivity contribution >= 4 is 27.9 Å². The Hall–Kier alpha value is -2.39. The number of hydrogen-bond donors (Lipinski definition) is 2. The molecule has 0 radical (unpaired) electrons. The Labute approximate surface area is 192 Å². The Morgan fingerprint density at radius 1 is 1.03 bits per heavy atom. The Morgan fingerprint density at radius 3 is 2.22 bits per heavy atom. The van der Waals surface area contributed by atoms with E-state index in [2.05, 4.69) is 45.1 Å². The predicted molar refractivity (Wildman–Crippen MR) is 116 cm³/mol. The molecule has 0 aromatic heterocycles. The molecule has 0 unspecified atom stereocenters. The van der Waals surface area contributed by atoms with Gasteiger partial charge in [-0.2, -0.15) is 13.2 Å². The van der Waals surface area contributed by atoms with Gasteiger partial charge >= 0.3 is 18.1 Å². The summed E-state index contributed by atoms with van der Waals surface area (Å²) in [5.74, 6) is -2.92. The molecule has 2 N–H and O–H groups in total. The van der Waals surface area contributed by atoms with E-state index in [0.29, 0.717) is 16.1 Å². The number of hydrogen-bond acceptors (Lipinski definition) is 3. The standard InChI is InChI=1S/C21H22BrNO2.C2HF3O2/c22-20-10-15(6-8-19(20)21(24)25)13-23-12-14-5-7-18(23)11-17-4-2-1-3-16(17)9-14;3-2(4,5)1(6)7/h1-4,6,8,10,14,18H,5,7,9,11-13H2,(H,24,25);(H,6,7)/t14-,18+;/m1./s1. The lowest BCUT2D eigenvalue weighted by atomic mass is 9.80. The monoisotopic (exact) mass is 513 g/mol. The zero-order chi connectivity index (χ0) is 23.5. The molecule has 1 saturated heterocycles. The number of alkyl halides is 3. The summed E-state index contributed by atoms with van der Waals surface area (Å²) in [6.45, 7) is 2.03. The van der Waals surface area contributed by atoms with E-state index < -0.39 is 18.1 Å². The third kappa shape index (κ3) is 6.10. The second-order valence-electron chi connectivity index (χ2n) is 8.13. The van der Waals surface area contributed by atoms with Gasteiger partial charge in [0.05, 0.1) is 5.56 Å². The third-order valence-electron chi connectivity index (χ3n) is 5.89. The lowest BCUT2D eigenvalue weighted by Gasteiger charge is -2.42. The molecule has 2 heterocycles. The lowest BCUT2D eigenvalue weighted by molar-refractivity contribution is -0.192. The van der Waals surface area contributed by atoms with E-state index >= 15 is 0 Å². The Kier molecular flexibility index (Phi) is 7.61. The number of fused-ring (bicyclic) bond motifs is 2. The van der Waals surface area contributed by atoms with Crippen molar-refractivity contribution in [3.8, 4) is 0 Å². The van der Waals surface area contributed by atoms with Crippen molar-refractivity contribution in [3.63, 3.8) is 0 Å². The highest BCUT2D eigenvalue weighted by molar-refractivity contribution is 9.10. The first kappa shape index (κ1) is 24.3. The average molecular weight is 514 g/mol. The SMILES string of the molecule is O=C(O)C(F)(F)F.O=C(O)c1ccc(CN2C[C@@H]3CC[C@H]2Cc2ccccc2C3)cc1Br. The average Bonchev–Trinajstić information content (AvgIpc) is 2.68.